The summed E-state index contributed by atoms with van der Waals surface area (Å²) in [5.41, 5.74) is 9.06. The fourth-order valence-corrected chi connectivity index (χ4v) is 2.29. The van der Waals surface area contributed by atoms with E-state index < -0.39 is 0 Å². The van der Waals surface area contributed by atoms with E-state index >= 15 is 0 Å². The van der Waals surface area contributed by atoms with Gasteiger partial charge in [-0.05, 0) is 43.9 Å². The molecule has 0 amide bonds. The molecule has 1 aliphatic carbocycles. The Morgan fingerprint density at radius 2 is 2.28 bits per heavy atom. The molecule has 0 aliphatic heterocycles. The number of nitrogens with zero attached hydrogens (tertiary/aromatic N) is 3. The molecule has 4 nitrogen and oxygen atoms in total. The summed E-state index contributed by atoms with van der Waals surface area (Å²) in [7, 11) is 1.73. The molecule has 18 heavy (non-hydrogen) atoms. The first-order valence-electron chi connectivity index (χ1n) is 6.38. The summed E-state index contributed by atoms with van der Waals surface area (Å²) in [6.45, 7) is 3.02. The molecule has 1 saturated carbocycles. The smallest absolute Gasteiger partial charge is 0.142 e. The van der Waals surface area contributed by atoms with E-state index in [2.05, 4.69) is 26.7 Å². The molecule has 2 aromatic heterocycles. The van der Waals surface area contributed by atoms with Crippen LogP contribution >= 0.6 is 0 Å². The molecule has 2 N–H and O–H groups in total. The summed E-state index contributed by atoms with van der Waals surface area (Å²) in [6.07, 6.45) is 2.63. The van der Waals surface area contributed by atoms with Crippen LogP contribution in [-0.2, 0) is 6.54 Å². The molecule has 0 spiro atoms. The molecule has 0 aromatic carbocycles. The third-order valence-electron chi connectivity index (χ3n) is 3.52. The predicted molar refractivity (Wildman–Crippen MR) is 73.8 cm³/mol. The van der Waals surface area contributed by atoms with Crippen LogP contribution in [0.4, 0.5) is 0 Å². The van der Waals surface area contributed by atoms with Crippen LogP contribution in [0.15, 0.2) is 23.2 Å². The van der Waals surface area contributed by atoms with Crippen molar-refractivity contribution in [3.63, 3.8) is 0 Å². The Hall–Kier alpha value is -1.84. The van der Waals surface area contributed by atoms with Gasteiger partial charge in [0, 0.05) is 24.7 Å². The minimum absolute atomic E-state index is 0.589. The number of hydrogen-bond acceptors (Lipinski definition) is 2. The number of aromatic nitrogens is 2. The Balaban J connectivity index is 2.19. The lowest BCUT2D eigenvalue weighted by molar-refractivity contribution is 0.638. The molecule has 1 aliphatic rings. The van der Waals surface area contributed by atoms with Gasteiger partial charge < -0.3 is 10.3 Å². The molecule has 0 atom stereocenters. The van der Waals surface area contributed by atoms with Crippen molar-refractivity contribution in [2.45, 2.75) is 26.3 Å². The average molecular weight is 242 g/mol. The maximum atomic E-state index is 5.99. The van der Waals surface area contributed by atoms with E-state index in [1.807, 2.05) is 13.0 Å². The number of rotatable bonds is 3. The van der Waals surface area contributed by atoms with Crippen molar-refractivity contribution in [2.75, 3.05) is 7.05 Å². The van der Waals surface area contributed by atoms with Crippen LogP contribution in [0.5, 0.6) is 0 Å². The second-order valence-electron chi connectivity index (χ2n) is 5.06. The van der Waals surface area contributed by atoms with Gasteiger partial charge in [-0.15, -0.1) is 0 Å². The molecule has 2 aromatic rings. The summed E-state index contributed by atoms with van der Waals surface area (Å²) in [4.78, 5) is 8.76. The number of fused-ring (bicyclic) bond motifs is 1. The van der Waals surface area contributed by atoms with Gasteiger partial charge in [-0.1, -0.05) is 0 Å². The van der Waals surface area contributed by atoms with Gasteiger partial charge >= 0.3 is 0 Å². The summed E-state index contributed by atoms with van der Waals surface area (Å²) in [5, 5.41) is 1.14. The molecule has 3 rings (SSSR count). The molecule has 2 heterocycles. The predicted octanol–water partition coefficient (Wildman–Crippen LogP) is 2.09. The molecule has 0 unspecified atom stereocenters. The normalized spacial score (nSPS) is 16.4. The Morgan fingerprint density at radius 3 is 2.94 bits per heavy atom. The Kier molecular flexibility index (Phi) is 2.58. The van der Waals surface area contributed by atoms with Crippen LogP contribution in [0.25, 0.3) is 11.0 Å². The largest absolute Gasteiger partial charge is 0.382 e. The fraction of sp³-hybridized carbons (Fsp3) is 0.429. The molecule has 0 radical (unpaired) electrons. The van der Waals surface area contributed by atoms with Crippen molar-refractivity contribution in [1.29, 1.82) is 0 Å². The number of nitrogens with two attached hydrogens (primary N) is 1. The number of pyridine rings is 1. The van der Waals surface area contributed by atoms with Gasteiger partial charge in [0.05, 0.1) is 5.69 Å². The molecular formula is C14H18N4. The van der Waals surface area contributed by atoms with Crippen molar-refractivity contribution in [1.82, 2.24) is 9.55 Å². The molecular weight excluding hydrogens is 224 g/mol. The zero-order chi connectivity index (χ0) is 12.7. The standard InChI is InChI=1S/C14H18N4/c1-9-3-6-11-7-12(13(15)16-2)18(14(11)17-9)8-10-4-5-10/h3,6-7,10H,4-5,8H2,1-2H3,(H2,15,16). The van der Waals surface area contributed by atoms with Gasteiger partial charge in [0.1, 0.15) is 11.5 Å². The Bertz CT molecular complexity index is 620. The number of aryl methyl sites for hydroxylation is 1. The topological polar surface area (TPSA) is 56.2 Å². The first-order valence-corrected chi connectivity index (χ1v) is 6.38. The highest BCUT2D eigenvalue weighted by atomic mass is 15.1. The lowest BCUT2D eigenvalue weighted by Gasteiger charge is -2.09. The van der Waals surface area contributed by atoms with E-state index in [0.29, 0.717) is 5.84 Å². The van der Waals surface area contributed by atoms with E-state index in [1.165, 1.54) is 12.8 Å². The van der Waals surface area contributed by atoms with E-state index in [0.717, 1.165) is 34.9 Å². The maximum absolute atomic E-state index is 5.99. The van der Waals surface area contributed by atoms with Gasteiger partial charge in [-0.3, -0.25) is 4.99 Å². The Labute approximate surface area is 107 Å². The quantitative estimate of drug-likeness (QED) is 0.662. The zero-order valence-electron chi connectivity index (χ0n) is 10.8. The highest BCUT2D eigenvalue weighted by Crippen LogP contribution is 2.32. The lowest BCUT2D eigenvalue weighted by Crippen LogP contribution is -2.19. The fourth-order valence-electron chi connectivity index (χ4n) is 2.29. The van der Waals surface area contributed by atoms with Gasteiger partial charge in [0.15, 0.2) is 0 Å². The Morgan fingerprint density at radius 1 is 1.50 bits per heavy atom. The average Bonchev–Trinajstić information content (AvgIpc) is 3.11. The van der Waals surface area contributed by atoms with Crippen LogP contribution in [0.2, 0.25) is 0 Å². The maximum Gasteiger partial charge on any atom is 0.142 e. The van der Waals surface area contributed by atoms with Crippen molar-refractivity contribution >= 4 is 16.9 Å². The second-order valence-corrected chi connectivity index (χ2v) is 5.06. The molecule has 0 saturated heterocycles. The van der Waals surface area contributed by atoms with Gasteiger partial charge in [0.2, 0.25) is 0 Å². The molecule has 0 bridgehead atoms. The summed E-state index contributed by atoms with van der Waals surface area (Å²) >= 11 is 0. The van der Waals surface area contributed by atoms with Crippen LogP contribution in [0, 0.1) is 12.8 Å². The van der Waals surface area contributed by atoms with Crippen molar-refractivity contribution < 1.29 is 0 Å². The lowest BCUT2D eigenvalue weighted by atomic mass is 10.3. The van der Waals surface area contributed by atoms with Crippen LogP contribution in [0.1, 0.15) is 24.2 Å². The highest BCUT2D eigenvalue weighted by Gasteiger charge is 2.24. The number of amidine groups is 1. The van der Waals surface area contributed by atoms with Gasteiger partial charge in [-0.2, -0.15) is 0 Å². The minimum atomic E-state index is 0.589. The van der Waals surface area contributed by atoms with Crippen molar-refractivity contribution in [2.24, 2.45) is 16.6 Å². The first kappa shape index (κ1) is 11.3. The number of hydrogen-bond donors (Lipinski definition) is 1. The summed E-state index contributed by atoms with van der Waals surface area (Å²) in [6, 6.07) is 6.23. The van der Waals surface area contributed by atoms with Crippen LogP contribution < -0.4 is 5.73 Å². The molecule has 94 valence electrons. The van der Waals surface area contributed by atoms with Crippen LogP contribution in [0.3, 0.4) is 0 Å². The molecule has 1 fully saturated rings. The zero-order valence-corrected chi connectivity index (χ0v) is 10.8. The number of aliphatic imine (C=N–C) groups is 1. The van der Waals surface area contributed by atoms with E-state index in [4.69, 9.17) is 5.73 Å². The highest BCUT2D eigenvalue weighted by molar-refractivity contribution is 6.00. The monoisotopic (exact) mass is 242 g/mol. The molecule has 4 heteroatoms. The van der Waals surface area contributed by atoms with Crippen molar-refractivity contribution in [3.8, 4) is 0 Å². The van der Waals surface area contributed by atoms with E-state index in [-0.39, 0.29) is 0 Å². The summed E-state index contributed by atoms with van der Waals surface area (Å²) < 4.78 is 2.22. The van der Waals surface area contributed by atoms with Crippen molar-refractivity contribution in [3.05, 3.63) is 29.6 Å². The first-order chi connectivity index (χ1) is 8.69. The summed E-state index contributed by atoms with van der Waals surface area (Å²) in [5.74, 6) is 1.37. The second kappa shape index (κ2) is 4.12. The van der Waals surface area contributed by atoms with E-state index in [9.17, 15) is 0 Å². The third kappa shape index (κ3) is 1.88. The minimum Gasteiger partial charge on any atom is -0.382 e. The van der Waals surface area contributed by atoms with Crippen LogP contribution in [-0.4, -0.2) is 22.4 Å². The van der Waals surface area contributed by atoms with E-state index in [1.54, 1.807) is 7.05 Å². The third-order valence-corrected chi connectivity index (χ3v) is 3.52. The SMILES string of the molecule is CN=C(N)c1cc2ccc(C)nc2n1CC1CC1. The van der Waals surface area contributed by atoms with Gasteiger partial charge in [-0.25, -0.2) is 4.98 Å². The van der Waals surface area contributed by atoms with Gasteiger partial charge in [0.25, 0.3) is 0 Å².